The van der Waals surface area contributed by atoms with E-state index < -0.39 is 0 Å². The maximum atomic E-state index is 10.6. The minimum Gasteiger partial charge on any atom is -0.370 e. The molecule has 2 aliphatic rings. The summed E-state index contributed by atoms with van der Waals surface area (Å²) in [4.78, 5) is 10.6. The Labute approximate surface area is 66.5 Å². The summed E-state index contributed by atoms with van der Waals surface area (Å²) in [6.45, 7) is 0. The molecule has 2 heteroatoms. The summed E-state index contributed by atoms with van der Waals surface area (Å²) in [6.07, 6.45) is 7.57. The molecule has 1 fully saturated rings. The van der Waals surface area contributed by atoms with Gasteiger partial charge in [0, 0.05) is 6.42 Å². The number of fused-ring (bicyclic) bond motifs is 2. The Kier molecular flexibility index (Phi) is 1.48. The lowest BCUT2D eigenvalue weighted by atomic mass is 9.90. The summed E-state index contributed by atoms with van der Waals surface area (Å²) in [6, 6.07) is 0. The predicted octanol–water partition coefficient (Wildman–Crippen LogP) is 1.07. The number of hydrogen-bond acceptors (Lipinski definition) is 1. The molecular formula is C9H13NO. The smallest absolute Gasteiger partial charge is 0.217 e. The zero-order chi connectivity index (χ0) is 7.84. The first kappa shape index (κ1) is 6.89. The lowest BCUT2D eigenvalue weighted by molar-refractivity contribution is -0.119. The Morgan fingerprint density at radius 1 is 1.45 bits per heavy atom. The van der Waals surface area contributed by atoms with Crippen LogP contribution < -0.4 is 5.73 Å². The van der Waals surface area contributed by atoms with Crippen molar-refractivity contribution in [2.45, 2.75) is 19.3 Å². The van der Waals surface area contributed by atoms with Crippen LogP contribution in [0.3, 0.4) is 0 Å². The Hall–Kier alpha value is -0.790. The van der Waals surface area contributed by atoms with Gasteiger partial charge in [-0.25, -0.2) is 0 Å². The first-order valence-electron chi connectivity index (χ1n) is 4.22. The van der Waals surface area contributed by atoms with Gasteiger partial charge in [-0.15, -0.1) is 0 Å². The van der Waals surface area contributed by atoms with E-state index in [0.29, 0.717) is 18.3 Å². The van der Waals surface area contributed by atoms with Crippen LogP contribution in [-0.4, -0.2) is 5.91 Å². The van der Waals surface area contributed by atoms with Gasteiger partial charge in [0.25, 0.3) is 0 Å². The van der Waals surface area contributed by atoms with E-state index in [2.05, 4.69) is 12.2 Å². The van der Waals surface area contributed by atoms with Crippen LogP contribution in [0.25, 0.3) is 0 Å². The molecule has 0 aromatic rings. The molecule has 3 atom stereocenters. The highest BCUT2D eigenvalue weighted by molar-refractivity contribution is 5.74. The molecule has 2 bridgehead atoms. The van der Waals surface area contributed by atoms with Crippen LogP contribution in [0.5, 0.6) is 0 Å². The van der Waals surface area contributed by atoms with Crippen molar-refractivity contribution in [2.24, 2.45) is 23.5 Å². The van der Waals surface area contributed by atoms with Gasteiger partial charge in [-0.05, 0) is 30.6 Å². The van der Waals surface area contributed by atoms with Crippen molar-refractivity contribution >= 4 is 5.91 Å². The van der Waals surface area contributed by atoms with Gasteiger partial charge in [-0.2, -0.15) is 0 Å². The van der Waals surface area contributed by atoms with Crippen molar-refractivity contribution in [3.63, 3.8) is 0 Å². The molecule has 2 aliphatic carbocycles. The molecule has 0 spiro atoms. The molecule has 0 aliphatic heterocycles. The van der Waals surface area contributed by atoms with Crippen molar-refractivity contribution in [2.75, 3.05) is 0 Å². The molecule has 0 unspecified atom stereocenters. The molecule has 2 rings (SSSR count). The van der Waals surface area contributed by atoms with Gasteiger partial charge in [-0.3, -0.25) is 4.79 Å². The normalized spacial score (nSPS) is 39.8. The van der Waals surface area contributed by atoms with Crippen LogP contribution in [0, 0.1) is 17.8 Å². The number of allylic oxidation sites excluding steroid dienone is 2. The fourth-order valence-corrected chi connectivity index (χ4v) is 2.39. The summed E-state index contributed by atoms with van der Waals surface area (Å²) >= 11 is 0. The third kappa shape index (κ3) is 1.17. The van der Waals surface area contributed by atoms with E-state index in [1.165, 1.54) is 12.8 Å². The molecule has 0 saturated heterocycles. The zero-order valence-electron chi connectivity index (χ0n) is 6.49. The number of rotatable bonds is 2. The van der Waals surface area contributed by atoms with Crippen LogP contribution in [-0.2, 0) is 4.79 Å². The largest absolute Gasteiger partial charge is 0.370 e. The van der Waals surface area contributed by atoms with Crippen molar-refractivity contribution in [3.05, 3.63) is 12.2 Å². The van der Waals surface area contributed by atoms with Gasteiger partial charge in [0.2, 0.25) is 5.91 Å². The second-order valence-electron chi connectivity index (χ2n) is 3.71. The molecule has 1 amide bonds. The van der Waals surface area contributed by atoms with Crippen LogP contribution in [0.1, 0.15) is 19.3 Å². The lowest BCUT2D eigenvalue weighted by Gasteiger charge is -2.15. The molecule has 0 aromatic carbocycles. The highest BCUT2D eigenvalue weighted by Crippen LogP contribution is 2.44. The quantitative estimate of drug-likeness (QED) is 0.589. The van der Waals surface area contributed by atoms with Crippen molar-refractivity contribution in [1.82, 2.24) is 0 Å². The third-order valence-electron chi connectivity index (χ3n) is 2.88. The molecule has 2 N–H and O–H groups in total. The molecule has 1 saturated carbocycles. The highest BCUT2D eigenvalue weighted by Gasteiger charge is 2.35. The van der Waals surface area contributed by atoms with Crippen molar-refractivity contribution in [3.8, 4) is 0 Å². The minimum absolute atomic E-state index is 0.143. The maximum absolute atomic E-state index is 10.6. The fourth-order valence-electron chi connectivity index (χ4n) is 2.39. The molecular weight excluding hydrogens is 138 g/mol. The number of primary amides is 1. The van der Waals surface area contributed by atoms with Gasteiger partial charge < -0.3 is 5.73 Å². The van der Waals surface area contributed by atoms with E-state index in [1.807, 2.05) is 0 Å². The number of carbonyl (C=O) groups is 1. The number of nitrogens with two attached hydrogens (primary N) is 1. The summed E-state index contributed by atoms with van der Waals surface area (Å²) < 4.78 is 0. The molecule has 60 valence electrons. The first-order chi connectivity index (χ1) is 5.25. The van der Waals surface area contributed by atoms with Crippen LogP contribution in [0.15, 0.2) is 12.2 Å². The van der Waals surface area contributed by atoms with Crippen LogP contribution >= 0.6 is 0 Å². The highest BCUT2D eigenvalue weighted by atomic mass is 16.1. The topological polar surface area (TPSA) is 43.1 Å². The van der Waals surface area contributed by atoms with Crippen molar-refractivity contribution < 1.29 is 4.79 Å². The minimum atomic E-state index is -0.143. The zero-order valence-corrected chi connectivity index (χ0v) is 6.49. The Bertz CT molecular complexity index is 210. The Morgan fingerprint density at radius 2 is 2.27 bits per heavy atom. The van der Waals surface area contributed by atoms with E-state index in [4.69, 9.17) is 5.73 Å². The number of carbonyl (C=O) groups excluding carboxylic acids is 1. The summed E-state index contributed by atoms with van der Waals surface area (Å²) in [5.41, 5.74) is 5.14. The molecule has 0 heterocycles. The van der Waals surface area contributed by atoms with E-state index in [-0.39, 0.29) is 5.91 Å². The molecule has 2 nitrogen and oxygen atoms in total. The van der Waals surface area contributed by atoms with E-state index in [9.17, 15) is 4.79 Å². The maximum Gasteiger partial charge on any atom is 0.217 e. The van der Waals surface area contributed by atoms with Gasteiger partial charge in [0.1, 0.15) is 0 Å². The van der Waals surface area contributed by atoms with Crippen molar-refractivity contribution in [1.29, 1.82) is 0 Å². The van der Waals surface area contributed by atoms with Gasteiger partial charge >= 0.3 is 0 Å². The van der Waals surface area contributed by atoms with Gasteiger partial charge in [-0.1, -0.05) is 12.2 Å². The van der Waals surface area contributed by atoms with E-state index >= 15 is 0 Å². The third-order valence-corrected chi connectivity index (χ3v) is 2.88. The second-order valence-corrected chi connectivity index (χ2v) is 3.71. The molecule has 11 heavy (non-hydrogen) atoms. The summed E-state index contributed by atoms with van der Waals surface area (Å²) in [7, 11) is 0. The van der Waals surface area contributed by atoms with E-state index in [0.717, 1.165) is 5.92 Å². The summed E-state index contributed by atoms with van der Waals surface area (Å²) in [5, 5.41) is 0. The summed E-state index contributed by atoms with van der Waals surface area (Å²) in [5.74, 6) is 1.83. The van der Waals surface area contributed by atoms with Gasteiger partial charge in [0.05, 0.1) is 0 Å². The number of hydrogen-bond donors (Lipinski definition) is 1. The average molecular weight is 151 g/mol. The lowest BCUT2D eigenvalue weighted by Crippen LogP contribution is -2.18. The second kappa shape index (κ2) is 2.36. The number of amides is 1. The SMILES string of the molecule is NC(=O)C[C@@H]1C[C@@H]2C=C[C@H]1C2. The van der Waals surface area contributed by atoms with Crippen LogP contribution in [0.2, 0.25) is 0 Å². The monoisotopic (exact) mass is 151 g/mol. The van der Waals surface area contributed by atoms with Crippen LogP contribution in [0.4, 0.5) is 0 Å². The molecule has 0 aromatic heterocycles. The average Bonchev–Trinajstić information content (AvgIpc) is 2.45. The van der Waals surface area contributed by atoms with Gasteiger partial charge in [0.15, 0.2) is 0 Å². The predicted molar refractivity (Wildman–Crippen MR) is 42.7 cm³/mol. The molecule has 0 radical (unpaired) electrons. The Morgan fingerprint density at radius 3 is 2.73 bits per heavy atom. The van der Waals surface area contributed by atoms with E-state index in [1.54, 1.807) is 0 Å². The Balaban J connectivity index is 1.98. The standard InChI is InChI=1S/C9H13NO/c10-9(11)5-8-4-6-1-2-7(8)3-6/h1-2,6-8H,3-5H2,(H2,10,11)/t6-,7+,8+/m1/s1. The fraction of sp³-hybridized carbons (Fsp3) is 0.667. The first-order valence-corrected chi connectivity index (χ1v) is 4.22.